The van der Waals surface area contributed by atoms with Crippen LogP contribution in [0.1, 0.15) is 34.7 Å². The summed E-state index contributed by atoms with van der Waals surface area (Å²) in [5.74, 6) is 1.09. The summed E-state index contributed by atoms with van der Waals surface area (Å²) in [5, 5.41) is 6.72. The van der Waals surface area contributed by atoms with Crippen molar-refractivity contribution >= 4 is 5.91 Å². The Morgan fingerprint density at radius 1 is 1.09 bits per heavy atom. The van der Waals surface area contributed by atoms with Crippen molar-refractivity contribution < 1.29 is 22.7 Å². The van der Waals surface area contributed by atoms with Crippen LogP contribution in [0.3, 0.4) is 0 Å². The number of nitrogens with zero attached hydrogens (tertiary/aromatic N) is 6. The first-order valence-corrected chi connectivity index (χ1v) is 10.9. The number of fused-ring (bicyclic) bond motifs is 1. The van der Waals surface area contributed by atoms with Crippen LogP contribution in [0.4, 0.5) is 13.2 Å². The summed E-state index contributed by atoms with van der Waals surface area (Å²) in [6.07, 6.45) is 0.422. The molecule has 5 rings (SSSR count). The molecule has 2 fully saturated rings. The predicted molar refractivity (Wildman–Crippen MR) is 114 cm³/mol. The van der Waals surface area contributed by atoms with Crippen LogP contribution in [0.15, 0.2) is 42.7 Å². The van der Waals surface area contributed by atoms with E-state index in [9.17, 15) is 18.0 Å². The van der Waals surface area contributed by atoms with E-state index in [2.05, 4.69) is 25.1 Å². The molecule has 34 heavy (non-hydrogen) atoms. The van der Waals surface area contributed by atoms with Crippen molar-refractivity contribution in [3.63, 3.8) is 0 Å². The Labute approximate surface area is 193 Å². The van der Waals surface area contributed by atoms with Gasteiger partial charge in [-0.05, 0) is 55.9 Å². The molecule has 0 radical (unpaired) electrons. The number of alkyl halides is 3. The van der Waals surface area contributed by atoms with Crippen molar-refractivity contribution in [1.29, 1.82) is 0 Å². The minimum absolute atomic E-state index is 0.0228. The molecule has 3 atom stereocenters. The second-order valence-electron chi connectivity index (χ2n) is 8.59. The Morgan fingerprint density at radius 2 is 1.88 bits per heavy atom. The molecule has 2 aliphatic rings. The number of pyridine rings is 1. The molecule has 11 heteroatoms. The molecule has 0 aromatic carbocycles. The molecule has 1 saturated carbocycles. The Morgan fingerprint density at radius 3 is 2.59 bits per heavy atom. The average molecular weight is 470 g/mol. The number of hydrogen-bond acceptors (Lipinski definition) is 7. The minimum Gasteiger partial charge on any atom is -0.474 e. The lowest BCUT2D eigenvalue weighted by Crippen LogP contribution is -2.48. The standard InChI is InChI=1S/C23H21F3N6O2/c1-13-3-4-17(21-27-7-2-8-28-21)20(29-13)22(33)32-11-15-9-14(15)10-16(32)12-34-19-6-5-18(30-31-19)23(24,25)26/h2-8,14-16H,9-12H2,1H3/t14-,15+,16+/m1/s1. The number of amides is 1. The number of piperidine rings is 1. The summed E-state index contributed by atoms with van der Waals surface area (Å²) in [6.45, 7) is 2.47. The molecule has 1 aliphatic heterocycles. The highest BCUT2D eigenvalue weighted by Gasteiger charge is 2.48. The first kappa shape index (κ1) is 22.2. The van der Waals surface area contributed by atoms with Gasteiger partial charge in [0.15, 0.2) is 11.5 Å². The molecule has 3 aromatic rings. The number of likely N-dealkylation sites (tertiary alicyclic amines) is 1. The van der Waals surface area contributed by atoms with E-state index in [4.69, 9.17) is 4.74 Å². The van der Waals surface area contributed by atoms with Crippen molar-refractivity contribution in [3.05, 3.63) is 59.8 Å². The topological polar surface area (TPSA) is 94.0 Å². The van der Waals surface area contributed by atoms with Crippen molar-refractivity contribution in [2.75, 3.05) is 13.2 Å². The summed E-state index contributed by atoms with van der Waals surface area (Å²) in [4.78, 5) is 28.5. The molecule has 0 bridgehead atoms. The van der Waals surface area contributed by atoms with Crippen molar-refractivity contribution in [1.82, 2.24) is 30.0 Å². The second kappa shape index (κ2) is 8.62. The quantitative estimate of drug-likeness (QED) is 0.563. The van der Waals surface area contributed by atoms with E-state index in [0.29, 0.717) is 35.5 Å². The number of carbonyl (C=O) groups is 1. The lowest BCUT2D eigenvalue weighted by Gasteiger charge is -2.35. The van der Waals surface area contributed by atoms with Crippen LogP contribution >= 0.6 is 0 Å². The van der Waals surface area contributed by atoms with Gasteiger partial charge in [0.2, 0.25) is 5.88 Å². The van der Waals surface area contributed by atoms with Gasteiger partial charge in [-0.3, -0.25) is 4.79 Å². The fourth-order valence-electron chi connectivity index (χ4n) is 4.31. The lowest BCUT2D eigenvalue weighted by atomic mass is 10.0. The number of hydrogen-bond donors (Lipinski definition) is 0. The molecule has 176 valence electrons. The fraction of sp³-hybridized carbons (Fsp3) is 0.391. The first-order chi connectivity index (χ1) is 16.3. The number of aromatic nitrogens is 5. The van der Waals surface area contributed by atoms with Gasteiger partial charge < -0.3 is 9.64 Å². The molecule has 3 aromatic heterocycles. The number of carbonyl (C=O) groups excluding carboxylic acids is 1. The molecule has 0 spiro atoms. The highest BCUT2D eigenvalue weighted by Crippen LogP contribution is 2.47. The third-order valence-corrected chi connectivity index (χ3v) is 6.17. The van der Waals surface area contributed by atoms with E-state index in [0.717, 1.165) is 25.0 Å². The van der Waals surface area contributed by atoms with Crippen LogP contribution in [-0.2, 0) is 6.18 Å². The molecular formula is C23H21F3N6O2. The third-order valence-electron chi connectivity index (χ3n) is 6.17. The van der Waals surface area contributed by atoms with Gasteiger partial charge in [-0.2, -0.15) is 13.2 Å². The Balaban J connectivity index is 1.37. The summed E-state index contributed by atoms with van der Waals surface area (Å²) in [6, 6.07) is 6.98. The van der Waals surface area contributed by atoms with Crippen molar-refractivity contribution in [2.45, 2.75) is 32.0 Å². The van der Waals surface area contributed by atoms with Gasteiger partial charge in [-0.15, -0.1) is 10.2 Å². The zero-order valence-electron chi connectivity index (χ0n) is 18.2. The molecule has 1 aliphatic carbocycles. The second-order valence-corrected chi connectivity index (χ2v) is 8.59. The van der Waals surface area contributed by atoms with E-state index in [1.807, 2.05) is 6.92 Å². The molecule has 0 unspecified atom stereocenters. The zero-order valence-corrected chi connectivity index (χ0v) is 18.2. The van der Waals surface area contributed by atoms with Crippen molar-refractivity contribution in [3.8, 4) is 17.3 Å². The van der Waals surface area contributed by atoms with Gasteiger partial charge in [-0.1, -0.05) is 0 Å². The summed E-state index contributed by atoms with van der Waals surface area (Å²) < 4.78 is 43.8. The average Bonchev–Trinajstić information content (AvgIpc) is 3.60. The molecule has 0 N–H and O–H groups in total. The molecular weight excluding hydrogens is 449 g/mol. The fourth-order valence-corrected chi connectivity index (χ4v) is 4.31. The van der Waals surface area contributed by atoms with Crippen LogP contribution in [0.2, 0.25) is 0 Å². The number of halogens is 3. The van der Waals surface area contributed by atoms with Gasteiger partial charge in [-0.25, -0.2) is 15.0 Å². The normalized spacial score (nSPS) is 21.6. The van der Waals surface area contributed by atoms with Gasteiger partial charge in [0.25, 0.3) is 5.91 Å². The van der Waals surface area contributed by atoms with Crippen LogP contribution in [-0.4, -0.2) is 55.1 Å². The van der Waals surface area contributed by atoms with Crippen LogP contribution < -0.4 is 4.74 Å². The summed E-state index contributed by atoms with van der Waals surface area (Å²) in [7, 11) is 0. The molecule has 4 heterocycles. The molecule has 1 saturated heterocycles. The smallest absolute Gasteiger partial charge is 0.435 e. The Hall–Kier alpha value is -3.63. The maximum atomic E-state index is 13.7. The van der Waals surface area contributed by atoms with Gasteiger partial charge >= 0.3 is 6.18 Å². The van der Waals surface area contributed by atoms with E-state index in [-0.39, 0.29) is 30.1 Å². The number of ether oxygens (including phenoxy) is 1. The van der Waals surface area contributed by atoms with E-state index in [1.165, 1.54) is 0 Å². The SMILES string of the molecule is Cc1ccc(-c2ncccn2)c(C(=O)N2C[C@@H]3C[C@@H]3C[C@H]2COc2ccc(C(F)(F)F)nn2)n1. The lowest BCUT2D eigenvalue weighted by molar-refractivity contribution is -0.141. The van der Waals surface area contributed by atoms with E-state index in [1.54, 1.807) is 35.5 Å². The summed E-state index contributed by atoms with van der Waals surface area (Å²) >= 11 is 0. The Bertz CT molecular complexity index is 1190. The minimum atomic E-state index is -4.57. The van der Waals surface area contributed by atoms with E-state index < -0.39 is 11.9 Å². The predicted octanol–water partition coefficient (Wildman–Crippen LogP) is 3.59. The van der Waals surface area contributed by atoms with E-state index >= 15 is 0 Å². The largest absolute Gasteiger partial charge is 0.474 e. The number of aryl methyl sites for hydroxylation is 1. The summed E-state index contributed by atoms with van der Waals surface area (Å²) in [5.41, 5.74) is 0.417. The van der Waals surface area contributed by atoms with Crippen LogP contribution in [0.5, 0.6) is 5.88 Å². The number of rotatable bonds is 5. The van der Waals surface area contributed by atoms with Crippen LogP contribution in [0.25, 0.3) is 11.4 Å². The highest BCUT2D eigenvalue weighted by atomic mass is 19.4. The van der Waals surface area contributed by atoms with Crippen molar-refractivity contribution in [2.24, 2.45) is 11.8 Å². The maximum absolute atomic E-state index is 13.7. The third kappa shape index (κ3) is 4.55. The molecule has 8 nitrogen and oxygen atoms in total. The van der Waals surface area contributed by atoms with Gasteiger partial charge in [0, 0.05) is 30.7 Å². The maximum Gasteiger partial charge on any atom is 0.435 e. The first-order valence-electron chi connectivity index (χ1n) is 10.9. The van der Waals surface area contributed by atoms with Gasteiger partial charge in [0.05, 0.1) is 11.6 Å². The highest BCUT2D eigenvalue weighted by molar-refractivity contribution is 5.98. The molecule has 1 amide bonds. The Kier molecular flexibility index (Phi) is 5.62. The monoisotopic (exact) mass is 470 g/mol. The van der Waals surface area contributed by atoms with Gasteiger partial charge in [0.1, 0.15) is 12.3 Å². The van der Waals surface area contributed by atoms with Crippen LogP contribution in [0, 0.1) is 18.8 Å². The zero-order chi connectivity index (χ0) is 23.9.